The second-order valence-electron chi connectivity index (χ2n) is 12.8. The first kappa shape index (κ1) is 29.1. The molecular weight excluding hydrogens is 540 g/mol. The van der Waals surface area contributed by atoms with Gasteiger partial charge in [0.05, 0.1) is 18.8 Å². The largest absolute Gasteiger partial charge is 0.459 e. The van der Waals surface area contributed by atoms with Gasteiger partial charge in [-0.15, -0.1) is 0 Å². The van der Waals surface area contributed by atoms with Crippen molar-refractivity contribution in [2.75, 3.05) is 38.5 Å². The van der Waals surface area contributed by atoms with E-state index in [9.17, 15) is 4.79 Å². The Morgan fingerprint density at radius 1 is 1.19 bits per heavy atom. The molecule has 0 saturated carbocycles. The molecule has 10 nitrogen and oxygen atoms in total. The minimum Gasteiger partial charge on any atom is -0.459 e. The quantitative estimate of drug-likeness (QED) is 0.203. The van der Waals surface area contributed by atoms with Crippen LogP contribution in [0.2, 0.25) is 0 Å². The molecule has 0 radical (unpaired) electrons. The van der Waals surface area contributed by atoms with Gasteiger partial charge in [-0.2, -0.15) is 10.2 Å². The van der Waals surface area contributed by atoms with Crippen molar-refractivity contribution in [3.05, 3.63) is 83.1 Å². The summed E-state index contributed by atoms with van der Waals surface area (Å²) < 4.78 is 9.42. The highest BCUT2D eigenvalue weighted by atomic mass is 16.6. The summed E-state index contributed by atoms with van der Waals surface area (Å²) in [6, 6.07) is 12.7. The van der Waals surface area contributed by atoms with Gasteiger partial charge in [0.25, 0.3) is 0 Å². The number of nitrogen functional groups attached to an aromatic ring is 1. The van der Waals surface area contributed by atoms with E-state index in [4.69, 9.17) is 15.6 Å². The Hall–Kier alpha value is -4.02. The number of ether oxygens (including phenoxy) is 1. The van der Waals surface area contributed by atoms with Crippen LogP contribution in [0, 0.1) is 5.92 Å². The molecule has 0 bridgehead atoms. The molecule has 226 valence electrons. The summed E-state index contributed by atoms with van der Waals surface area (Å²) >= 11 is 0. The van der Waals surface area contributed by atoms with Crippen molar-refractivity contribution < 1.29 is 9.53 Å². The highest BCUT2D eigenvalue weighted by Crippen LogP contribution is 2.35. The van der Waals surface area contributed by atoms with Gasteiger partial charge in [0, 0.05) is 49.4 Å². The molecule has 1 fully saturated rings. The minimum absolute atomic E-state index is 0.149. The Morgan fingerprint density at radius 3 is 2.79 bits per heavy atom. The van der Waals surface area contributed by atoms with E-state index < -0.39 is 5.60 Å². The molecule has 1 aliphatic carbocycles. The molecular formula is C33H42N8O2. The van der Waals surface area contributed by atoms with Crippen LogP contribution in [0.4, 0.5) is 5.82 Å². The maximum Gasteiger partial charge on any atom is 0.320 e. The lowest BCUT2D eigenvalue weighted by Crippen LogP contribution is -2.52. The number of benzene rings is 1. The lowest BCUT2D eigenvalue weighted by atomic mass is 9.89. The smallest absolute Gasteiger partial charge is 0.320 e. The minimum atomic E-state index is -0.434. The number of aryl methyl sites for hydroxylation is 1. The Kier molecular flexibility index (Phi) is 8.32. The van der Waals surface area contributed by atoms with E-state index in [0.29, 0.717) is 18.3 Å². The van der Waals surface area contributed by atoms with Crippen LogP contribution in [0.25, 0.3) is 11.6 Å². The number of fused-ring (bicyclic) bond motifs is 2. The summed E-state index contributed by atoms with van der Waals surface area (Å²) in [6.45, 7) is 10.5. The van der Waals surface area contributed by atoms with Gasteiger partial charge in [0.15, 0.2) is 5.82 Å². The second-order valence-corrected chi connectivity index (χ2v) is 12.8. The Morgan fingerprint density at radius 2 is 2.00 bits per heavy atom. The molecule has 1 saturated heterocycles. The maximum absolute atomic E-state index is 12.0. The van der Waals surface area contributed by atoms with Crippen molar-refractivity contribution in [3.63, 3.8) is 0 Å². The fraction of sp³-hybridized carbons (Fsp3) is 0.455. The molecule has 3 aromatic heterocycles. The van der Waals surface area contributed by atoms with Gasteiger partial charge in [-0.1, -0.05) is 42.5 Å². The monoisotopic (exact) mass is 582 g/mol. The number of nitrogens with one attached hydrogen (secondary N) is 1. The molecule has 43 heavy (non-hydrogen) atoms. The lowest BCUT2D eigenvalue weighted by molar-refractivity contribution is -0.157. The molecule has 0 amide bonds. The fourth-order valence-electron chi connectivity index (χ4n) is 6.15. The van der Waals surface area contributed by atoms with Crippen molar-refractivity contribution in [2.45, 2.75) is 58.1 Å². The normalized spacial score (nSPS) is 17.2. The molecule has 10 heteroatoms. The first-order valence-corrected chi connectivity index (χ1v) is 15.3. The zero-order valence-corrected chi connectivity index (χ0v) is 25.4. The third kappa shape index (κ3) is 6.97. The van der Waals surface area contributed by atoms with E-state index in [1.54, 1.807) is 0 Å². The molecule has 1 atom stereocenters. The van der Waals surface area contributed by atoms with Crippen LogP contribution < -0.4 is 11.1 Å². The van der Waals surface area contributed by atoms with Crippen LogP contribution in [0.1, 0.15) is 61.2 Å². The standard InChI is InChI=1S/C33H42N8O2/c1-33(2,3)43-30(42)21-39-17-24(18-39)16-35-13-7-10-27-15-28(31-32(34)36-22-37-41(27)31)25-11-12-26-20-40(38-29(26)14-25)19-23-8-5-4-6-9-23/h4-6,8-9,11-12,15,20,22,24-25,35H,7,10,13-14,16-19,21H2,1-3H3,(H2,34,36,37). The summed E-state index contributed by atoms with van der Waals surface area (Å²) in [6.07, 6.45) is 10.8. The summed E-state index contributed by atoms with van der Waals surface area (Å²) in [5.41, 5.74) is 12.7. The number of nitrogens with zero attached hydrogens (tertiary/aromatic N) is 6. The molecule has 2 aliphatic rings. The average Bonchev–Trinajstić information content (AvgIpc) is 3.52. The number of carbonyl (C=O) groups excluding carboxylic acids is 1. The zero-order valence-electron chi connectivity index (χ0n) is 25.4. The topological polar surface area (TPSA) is 116 Å². The molecule has 1 aliphatic heterocycles. The molecule has 4 aromatic rings. The summed E-state index contributed by atoms with van der Waals surface area (Å²) in [5.74, 6) is 1.08. The number of aromatic nitrogens is 5. The third-order valence-corrected chi connectivity index (χ3v) is 8.09. The van der Waals surface area contributed by atoms with Crippen LogP contribution in [0.5, 0.6) is 0 Å². The number of nitrogens with two attached hydrogens (primary N) is 1. The van der Waals surface area contributed by atoms with Crippen LogP contribution >= 0.6 is 0 Å². The number of allylic oxidation sites excluding steroid dienone is 1. The molecule has 1 unspecified atom stereocenters. The van der Waals surface area contributed by atoms with E-state index in [1.807, 2.05) is 36.0 Å². The Bertz CT molecular complexity index is 1590. The second kappa shape index (κ2) is 12.3. The first-order valence-electron chi connectivity index (χ1n) is 15.3. The van der Waals surface area contributed by atoms with Crippen LogP contribution in [0.3, 0.4) is 0 Å². The molecule has 6 rings (SSSR count). The molecule has 0 spiro atoms. The Balaban J connectivity index is 1.02. The van der Waals surface area contributed by atoms with E-state index in [2.05, 4.69) is 69.0 Å². The van der Waals surface area contributed by atoms with E-state index >= 15 is 0 Å². The summed E-state index contributed by atoms with van der Waals surface area (Å²) in [5, 5.41) is 13.1. The summed E-state index contributed by atoms with van der Waals surface area (Å²) in [7, 11) is 0. The van der Waals surface area contributed by atoms with Crippen LogP contribution in [-0.4, -0.2) is 73.6 Å². The van der Waals surface area contributed by atoms with E-state index in [0.717, 1.165) is 74.5 Å². The predicted molar refractivity (Wildman–Crippen MR) is 168 cm³/mol. The maximum atomic E-state index is 12.0. The highest BCUT2D eigenvalue weighted by molar-refractivity contribution is 5.74. The van der Waals surface area contributed by atoms with Crippen LogP contribution in [-0.2, 0) is 28.9 Å². The number of anilines is 1. The average molecular weight is 583 g/mol. The van der Waals surface area contributed by atoms with Crippen molar-refractivity contribution in [1.29, 1.82) is 0 Å². The van der Waals surface area contributed by atoms with Gasteiger partial charge in [-0.25, -0.2) is 9.50 Å². The van der Waals surface area contributed by atoms with Gasteiger partial charge in [0.1, 0.15) is 17.4 Å². The molecule has 4 heterocycles. The third-order valence-electron chi connectivity index (χ3n) is 8.09. The van der Waals surface area contributed by atoms with Crippen LogP contribution in [0.15, 0.2) is 55.0 Å². The fourth-order valence-corrected chi connectivity index (χ4v) is 6.15. The lowest BCUT2D eigenvalue weighted by Gasteiger charge is -2.39. The Labute approximate surface area is 252 Å². The number of hydrogen-bond donors (Lipinski definition) is 2. The van der Waals surface area contributed by atoms with E-state index in [-0.39, 0.29) is 11.9 Å². The molecule has 1 aromatic carbocycles. The van der Waals surface area contributed by atoms with Crippen molar-refractivity contribution in [1.82, 2.24) is 34.6 Å². The number of likely N-dealkylation sites (tertiary alicyclic amines) is 1. The number of esters is 1. The molecule has 3 N–H and O–H groups in total. The van der Waals surface area contributed by atoms with Crippen molar-refractivity contribution in [3.8, 4) is 0 Å². The first-order chi connectivity index (χ1) is 20.7. The number of rotatable bonds is 11. The SMILES string of the molecule is CC(C)(C)OC(=O)CN1CC(CNCCCc2cc(C3C=Cc4cn(Cc5ccccc5)nc4C3)c3c(N)ncnn23)C1. The number of carbonyl (C=O) groups is 1. The van der Waals surface area contributed by atoms with Gasteiger partial charge < -0.3 is 15.8 Å². The predicted octanol–water partition coefficient (Wildman–Crippen LogP) is 3.71. The summed E-state index contributed by atoms with van der Waals surface area (Å²) in [4.78, 5) is 18.5. The van der Waals surface area contributed by atoms with Gasteiger partial charge in [0.2, 0.25) is 0 Å². The van der Waals surface area contributed by atoms with E-state index in [1.165, 1.54) is 17.5 Å². The van der Waals surface area contributed by atoms with Crippen molar-refractivity contribution >= 4 is 23.4 Å². The number of hydrogen-bond acceptors (Lipinski definition) is 8. The van der Waals surface area contributed by atoms with Gasteiger partial charge >= 0.3 is 5.97 Å². The van der Waals surface area contributed by atoms with Crippen molar-refractivity contribution in [2.24, 2.45) is 5.92 Å². The van der Waals surface area contributed by atoms with Gasteiger partial charge in [-0.3, -0.25) is 14.4 Å². The van der Waals surface area contributed by atoms with Gasteiger partial charge in [-0.05, 0) is 63.3 Å². The zero-order chi connectivity index (χ0) is 30.0. The highest BCUT2D eigenvalue weighted by Gasteiger charge is 2.29.